The van der Waals surface area contributed by atoms with Gasteiger partial charge in [0.25, 0.3) is 0 Å². The first-order chi connectivity index (χ1) is 7.17. The Balaban J connectivity index is 2.78. The van der Waals surface area contributed by atoms with Crippen LogP contribution in [0, 0.1) is 0 Å². The minimum absolute atomic E-state index is 0.519. The highest BCUT2D eigenvalue weighted by molar-refractivity contribution is 6.30. The third-order valence-corrected chi connectivity index (χ3v) is 2.05. The quantitative estimate of drug-likeness (QED) is 0.586. The Morgan fingerprint density at radius 3 is 2.53 bits per heavy atom. The second-order valence-corrected chi connectivity index (χ2v) is 3.22. The van der Waals surface area contributed by atoms with E-state index in [9.17, 15) is 4.79 Å². The van der Waals surface area contributed by atoms with Gasteiger partial charge in [-0.3, -0.25) is 0 Å². The summed E-state index contributed by atoms with van der Waals surface area (Å²) < 4.78 is 9.35. The Bertz CT molecular complexity index is 345. The van der Waals surface area contributed by atoms with E-state index in [1.807, 2.05) is 0 Å². The molecule has 0 amide bonds. The highest BCUT2D eigenvalue weighted by atomic mass is 35.5. The van der Waals surface area contributed by atoms with Crippen LogP contribution in [0.4, 0.5) is 4.79 Å². The SMILES string of the molecule is C=C[C@@H](OC(=O)OC)c1ccc(Cl)cc1. The highest BCUT2D eigenvalue weighted by Gasteiger charge is 2.12. The van der Waals surface area contributed by atoms with E-state index in [1.165, 1.54) is 13.2 Å². The van der Waals surface area contributed by atoms with Gasteiger partial charge in [-0.25, -0.2) is 4.79 Å². The summed E-state index contributed by atoms with van der Waals surface area (Å²) in [5.74, 6) is 0. The van der Waals surface area contributed by atoms with Gasteiger partial charge < -0.3 is 9.47 Å². The van der Waals surface area contributed by atoms with Gasteiger partial charge in [-0.2, -0.15) is 0 Å². The maximum atomic E-state index is 10.9. The molecule has 0 aliphatic rings. The van der Waals surface area contributed by atoms with Gasteiger partial charge in [-0.05, 0) is 23.8 Å². The third-order valence-electron chi connectivity index (χ3n) is 1.80. The number of hydrogen-bond acceptors (Lipinski definition) is 3. The average Bonchev–Trinajstić information content (AvgIpc) is 2.27. The molecule has 80 valence electrons. The van der Waals surface area contributed by atoms with Crippen LogP contribution in [0.25, 0.3) is 0 Å². The summed E-state index contributed by atoms with van der Waals surface area (Å²) in [5, 5.41) is 0.625. The summed E-state index contributed by atoms with van der Waals surface area (Å²) in [4.78, 5) is 10.9. The fraction of sp³-hybridized carbons (Fsp3) is 0.182. The van der Waals surface area contributed by atoms with Crippen LogP contribution in [-0.4, -0.2) is 13.3 Å². The fourth-order valence-corrected chi connectivity index (χ4v) is 1.18. The molecule has 0 radical (unpaired) electrons. The van der Waals surface area contributed by atoms with Crippen LogP contribution in [0.15, 0.2) is 36.9 Å². The molecule has 1 atom stereocenters. The summed E-state index contributed by atoms with van der Waals surface area (Å²) in [5.41, 5.74) is 0.791. The molecule has 0 aliphatic carbocycles. The van der Waals surface area contributed by atoms with Crippen molar-refractivity contribution in [3.63, 3.8) is 0 Å². The van der Waals surface area contributed by atoms with E-state index in [4.69, 9.17) is 16.3 Å². The Kier molecular flexibility index (Phi) is 4.18. The van der Waals surface area contributed by atoms with Gasteiger partial charge in [0, 0.05) is 5.02 Å². The Morgan fingerprint density at radius 1 is 1.47 bits per heavy atom. The van der Waals surface area contributed by atoms with Crippen molar-refractivity contribution in [1.82, 2.24) is 0 Å². The number of carbonyl (C=O) groups excluding carboxylic acids is 1. The van der Waals surface area contributed by atoms with Gasteiger partial charge in [0.15, 0.2) is 0 Å². The summed E-state index contributed by atoms with van der Waals surface area (Å²) in [6.07, 6.45) is 0.254. The Labute approximate surface area is 93.3 Å². The summed E-state index contributed by atoms with van der Waals surface area (Å²) in [7, 11) is 1.25. The van der Waals surface area contributed by atoms with Gasteiger partial charge in [-0.1, -0.05) is 30.3 Å². The van der Waals surface area contributed by atoms with Crippen LogP contribution in [0.1, 0.15) is 11.7 Å². The molecule has 0 saturated heterocycles. The molecule has 4 heteroatoms. The summed E-state index contributed by atoms with van der Waals surface area (Å²) in [6.45, 7) is 3.58. The van der Waals surface area contributed by atoms with Gasteiger partial charge in [0.2, 0.25) is 0 Å². The van der Waals surface area contributed by atoms with Gasteiger partial charge in [0.1, 0.15) is 6.10 Å². The molecular weight excluding hydrogens is 216 g/mol. The molecule has 0 unspecified atom stereocenters. The molecule has 0 fully saturated rings. The van der Waals surface area contributed by atoms with Gasteiger partial charge in [-0.15, -0.1) is 0 Å². The second-order valence-electron chi connectivity index (χ2n) is 2.78. The lowest BCUT2D eigenvalue weighted by molar-refractivity contribution is 0.0523. The molecular formula is C11H11ClO3. The van der Waals surface area contributed by atoms with Crippen LogP contribution in [0.5, 0.6) is 0 Å². The van der Waals surface area contributed by atoms with Crippen LogP contribution < -0.4 is 0 Å². The van der Waals surface area contributed by atoms with Gasteiger partial charge in [0.05, 0.1) is 7.11 Å². The van der Waals surface area contributed by atoms with Crippen molar-refractivity contribution in [3.05, 3.63) is 47.5 Å². The zero-order chi connectivity index (χ0) is 11.3. The molecule has 1 rings (SSSR count). The topological polar surface area (TPSA) is 35.5 Å². The molecule has 0 spiro atoms. The standard InChI is InChI=1S/C11H11ClO3/c1-3-10(15-11(13)14-2)8-4-6-9(12)7-5-8/h3-7,10H,1H2,2H3/t10-/m1/s1. The molecule has 0 heterocycles. The van der Waals surface area contributed by atoms with Crippen molar-refractivity contribution in [2.24, 2.45) is 0 Å². The molecule has 3 nitrogen and oxygen atoms in total. The maximum absolute atomic E-state index is 10.9. The number of carbonyl (C=O) groups is 1. The van der Waals surface area contributed by atoms with Gasteiger partial charge >= 0.3 is 6.16 Å². The van der Waals surface area contributed by atoms with E-state index in [-0.39, 0.29) is 0 Å². The monoisotopic (exact) mass is 226 g/mol. The number of methoxy groups -OCH3 is 1. The van der Waals surface area contributed by atoms with Crippen LogP contribution in [0.3, 0.4) is 0 Å². The first-order valence-corrected chi connectivity index (χ1v) is 4.67. The van der Waals surface area contributed by atoms with Crippen molar-refractivity contribution in [2.45, 2.75) is 6.10 Å². The zero-order valence-electron chi connectivity index (χ0n) is 8.27. The Morgan fingerprint density at radius 2 is 2.07 bits per heavy atom. The van der Waals surface area contributed by atoms with Crippen molar-refractivity contribution >= 4 is 17.8 Å². The third kappa shape index (κ3) is 3.29. The van der Waals surface area contributed by atoms with E-state index in [0.29, 0.717) is 5.02 Å². The summed E-state index contributed by atoms with van der Waals surface area (Å²) in [6, 6.07) is 6.96. The normalized spacial score (nSPS) is 11.6. The number of benzene rings is 1. The Hall–Kier alpha value is -1.48. The van der Waals surface area contributed by atoms with E-state index in [0.717, 1.165) is 5.56 Å². The van der Waals surface area contributed by atoms with Crippen LogP contribution in [-0.2, 0) is 9.47 Å². The van der Waals surface area contributed by atoms with Crippen molar-refractivity contribution in [2.75, 3.05) is 7.11 Å². The average molecular weight is 227 g/mol. The van der Waals surface area contributed by atoms with E-state index >= 15 is 0 Å². The molecule has 0 bridgehead atoms. The molecule has 15 heavy (non-hydrogen) atoms. The molecule has 0 aliphatic heterocycles. The van der Waals surface area contributed by atoms with E-state index in [2.05, 4.69) is 11.3 Å². The smallest absolute Gasteiger partial charge is 0.438 e. The molecule has 0 saturated carbocycles. The molecule has 0 N–H and O–H groups in total. The molecule has 1 aromatic rings. The first kappa shape index (κ1) is 11.6. The predicted molar refractivity (Wildman–Crippen MR) is 57.9 cm³/mol. The number of ether oxygens (including phenoxy) is 2. The summed E-state index contributed by atoms with van der Waals surface area (Å²) >= 11 is 5.73. The van der Waals surface area contributed by atoms with Crippen LogP contribution >= 0.6 is 11.6 Å². The lowest BCUT2D eigenvalue weighted by Gasteiger charge is -2.12. The predicted octanol–water partition coefficient (Wildman–Crippen LogP) is 3.35. The van der Waals surface area contributed by atoms with Crippen LogP contribution in [0.2, 0.25) is 5.02 Å². The number of halogens is 1. The lowest BCUT2D eigenvalue weighted by Crippen LogP contribution is -2.09. The largest absolute Gasteiger partial charge is 0.508 e. The maximum Gasteiger partial charge on any atom is 0.508 e. The highest BCUT2D eigenvalue weighted by Crippen LogP contribution is 2.21. The van der Waals surface area contributed by atoms with E-state index in [1.54, 1.807) is 24.3 Å². The lowest BCUT2D eigenvalue weighted by atomic mass is 10.1. The van der Waals surface area contributed by atoms with Crippen molar-refractivity contribution < 1.29 is 14.3 Å². The molecule has 1 aromatic carbocycles. The van der Waals surface area contributed by atoms with E-state index < -0.39 is 12.3 Å². The molecule has 0 aromatic heterocycles. The minimum Gasteiger partial charge on any atom is -0.438 e. The van der Waals surface area contributed by atoms with Crippen molar-refractivity contribution in [3.8, 4) is 0 Å². The fourth-order valence-electron chi connectivity index (χ4n) is 1.06. The first-order valence-electron chi connectivity index (χ1n) is 4.30. The van der Waals surface area contributed by atoms with Crippen molar-refractivity contribution in [1.29, 1.82) is 0 Å². The number of rotatable bonds is 3. The number of hydrogen-bond donors (Lipinski definition) is 0. The zero-order valence-corrected chi connectivity index (χ0v) is 9.03. The second kappa shape index (κ2) is 5.41. The minimum atomic E-state index is -0.741.